The number of carboxylic acid groups (broad SMARTS) is 4. The SMILES string of the molecule is O=C(O)[C@@H]1CCCC[C@H]1[NH+]1CCN(C(=O)OCc2ccccc2)CC1.O=C(O)[C@H]1CCCC[C@@H]1[NH+]1CCN(C(=O)OCc2ccccc2)CC1.O=C([O-])C(F)(F)F.O=C([O-])C(F)(F)F. The van der Waals surface area contributed by atoms with Gasteiger partial charge in [0.1, 0.15) is 49.1 Å². The van der Waals surface area contributed by atoms with E-state index in [0.717, 1.165) is 88.7 Å². The summed E-state index contributed by atoms with van der Waals surface area (Å²) in [6, 6.07) is 19.7. The number of carbonyl (C=O) groups is 6. The Bertz CT molecular complexity index is 1660. The van der Waals surface area contributed by atoms with Crippen molar-refractivity contribution in [2.24, 2.45) is 11.8 Å². The molecule has 0 spiro atoms. The molecule has 16 nitrogen and oxygen atoms in total. The highest BCUT2D eigenvalue weighted by Crippen LogP contribution is 2.24. The highest BCUT2D eigenvalue weighted by atomic mass is 19.4. The zero-order valence-corrected chi connectivity index (χ0v) is 34.9. The number of ether oxygens (including phenoxy) is 2. The Hall–Kier alpha value is -5.64. The molecule has 6 rings (SSSR count). The van der Waals surface area contributed by atoms with Crippen LogP contribution in [0.1, 0.15) is 62.5 Å². The molecule has 2 aliphatic carbocycles. The summed E-state index contributed by atoms with van der Waals surface area (Å²) < 4.78 is 73.9. The molecule has 2 amide bonds. The maximum Gasteiger partial charge on any atom is 0.430 e. The van der Waals surface area contributed by atoms with Gasteiger partial charge in [0.25, 0.3) is 0 Å². The summed E-state index contributed by atoms with van der Waals surface area (Å²) in [5, 5.41) is 36.5. The first-order valence-corrected chi connectivity index (χ1v) is 20.8. The van der Waals surface area contributed by atoms with Crippen molar-refractivity contribution in [2.75, 3.05) is 52.4 Å². The number of benzene rings is 2. The number of aliphatic carboxylic acids is 4. The topological polar surface area (TPSA) is 223 Å². The van der Waals surface area contributed by atoms with Crippen LogP contribution in [0.25, 0.3) is 0 Å². The number of alkyl halides is 6. The summed E-state index contributed by atoms with van der Waals surface area (Å²) in [5.74, 6) is -7.82. The van der Waals surface area contributed by atoms with Gasteiger partial charge in [0.15, 0.2) is 0 Å². The number of carbonyl (C=O) groups excluding carboxylic acids is 4. The first-order chi connectivity index (χ1) is 30.2. The Labute approximate surface area is 365 Å². The number of piperazine rings is 2. The van der Waals surface area contributed by atoms with Gasteiger partial charge in [-0.15, -0.1) is 0 Å². The van der Waals surface area contributed by atoms with Crippen molar-refractivity contribution in [2.45, 2.75) is 89.0 Å². The molecule has 2 heterocycles. The van der Waals surface area contributed by atoms with Gasteiger partial charge in [0, 0.05) is 12.8 Å². The predicted molar refractivity (Wildman–Crippen MR) is 207 cm³/mol. The predicted octanol–water partition coefficient (Wildman–Crippen LogP) is 0.931. The minimum Gasteiger partial charge on any atom is -0.542 e. The van der Waals surface area contributed by atoms with Crippen LogP contribution in [0, 0.1) is 11.8 Å². The second-order valence-corrected chi connectivity index (χ2v) is 15.6. The van der Waals surface area contributed by atoms with Crippen LogP contribution in [-0.2, 0) is 41.9 Å². The fourth-order valence-electron chi connectivity index (χ4n) is 8.15. The minimum absolute atomic E-state index is 0.189. The Balaban J connectivity index is 0.000000263. The molecule has 0 radical (unpaired) electrons. The van der Waals surface area contributed by atoms with E-state index >= 15 is 0 Å². The van der Waals surface area contributed by atoms with Gasteiger partial charge >= 0.3 is 36.5 Å². The lowest BCUT2D eigenvalue weighted by molar-refractivity contribution is -0.933. The number of rotatable bonds is 8. The second kappa shape index (κ2) is 25.6. The Morgan fingerprint density at radius 3 is 1.09 bits per heavy atom. The number of quaternary nitrogens is 2. The molecular formula is C42H54F6N4O12. The van der Waals surface area contributed by atoms with E-state index in [1.165, 1.54) is 9.80 Å². The van der Waals surface area contributed by atoms with E-state index in [2.05, 4.69) is 0 Å². The average molecular weight is 921 g/mol. The zero-order chi connectivity index (χ0) is 47.5. The number of amides is 2. The maximum atomic E-state index is 12.2. The van der Waals surface area contributed by atoms with Crippen LogP contribution >= 0.6 is 0 Å². The van der Waals surface area contributed by atoms with Gasteiger partial charge < -0.3 is 49.3 Å². The molecule has 0 aromatic heterocycles. The molecule has 4 N–H and O–H groups in total. The third-order valence-corrected chi connectivity index (χ3v) is 11.4. The first kappa shape index (κ1) is 52.7. The highest BCUT2D eigenvalue weighted by molar-refractivity contribution is 5.72. The Kier molecular flexibility index (Phi) is 21.1. The van der Waals surface area contributed by atoms with Gasteiger partial charge in [0.05, 0.1) is 52.4 Å². The number of nitrogens with one attached hydrogen (secondary N) is 2. The van der Waals surface area contributed by atoms with E-state index in [0.29, 0.717) is 26.2 Å². The van der Waals surface area contributed by atoms with Crippen molar-refractivity contribution in [1.29, 1.82) is 0 Å². The quantitative estimate of drug-likeness (QED) is 0.272. The van der Waals surface area contributed by atoms with E-state index in [1.54, 1.807) is 9.80 Å². The van der Waals surface area contributed by atoms with Crippen molar-refractivity contribution >= 4 is 36.1 Å². The lowest BCUT2D eigenvalue weighted by Gasteiger charge is -2.39. The standard InChI is InChI=1S/2C19H26N2O4.2C2HF3O2/c2*22-18(23)16-8-4-5-9-17(16)20-10-12-21(13-11-20)19(24)25-14-15-6-2-1-3-7-15;2*3-2(4,5)1(6)7/h2*1-3,6-7,16-17H,4-5,8-14H2,(H,22,23);2*(H,6,7)/t2*16-,17-;;/m10../s1. The molecule has 4 atom stereocenters. The van der Waals surface area contributed by atoms with Crippen LogP contribution in [0.15, 0.2) is 60.7 Å². The van der Waals surface area contributed by atoms with Crippen molar-refractivity contribution < 1.29 is 94.8 Å². The van der Waals surface area contributed by atoms with Crippen molar-refractivity contribution in [3.05, 3.63) is 71.8 Å². The maximum absolute atomic E-state index is 12.2. The monoisotopic (exact) mass is 920 g/mol. The van der Waals surface area contributed by atoms with E-state index in [-0.39, 0.29) is 49.3 Å². The molecule has 4 aliphatic rings. The van der Waals surface area contributed by atoms with Gasteiger partial charge in [-0.1, -0.05) is 73.5 Å². The zero-order valence-electron chi connectivity index (χ0n) is 34.9. The Morgan fingerprint density at radius 2 is 0.828 bits per heavy atom. The van der Waals surface area contributed by atoms with Crippen LogP contribution in [-0.4, -0.2) is 133 Å². The van der Waals surface area contributed by atoms with Gasteiger partial charge in [0.2, 0.25) is 0 Å². The van der Waals surface area contributed by atoms with Crippen LogP contribution in [0.2, 0.25) is 0 Å². The van der Waals surface area contributed by atoms with E-state index in [4.69, 9.17) is 29.3 Å². The summed E-state index contributed by atoms with van der Waals surface area (Å²) in [7, 11) is 0. The van der Waals surface area contributed by atoms with Gasteiger partial charge in [-0.2, -0.15) is 26.3 Å². The lowest BCUT2D eigenvalue weighted by atomic mass is 9.83. The van der Waals surface area contributed by atoms with Crippen LogP contribution in [0.4, 0.5) is 35.9 Å². The summed E-state index contributed by atoms with van der Waals surface area (Å²) in [5.41, 5.74) is 1.96. The molecule has 22 heteroatoms. The molecule has 356 valence electrons. The molecule has 4 fully saturated rings. The minimum atomic E-state index is -5.19. The van der Waals surface area contributed by atoms with Gasteiger partial charge in [-0.3, -0.25) is 19.4 Å². The van der Waals surface area contributed by atoms with E-state index < -0.39 is 36.2 Å². The molecule has 2 aromatic rings. The molecule has 2 aliphatic heterocycles. The number of nitrogens with zero attached hydrogens (tertiary/aromatic N) is 2. The highest BCUT2D eigenvalue weighted by Gasteiger charge is 2.41. The lowest BCUT2D eigenvalue weighted by Crippen LogP contribution is -3.19. The third-order valence-electron chi connectivity index (χ3n) is 11.4. The number of carboxylic acids is 4. The normalized spacial score (nSPS) is 21.8. The summed E-state index contributed by atoms with van der Waals surface area (Å²) in [6.07, 6.45) is -3.17. The fourth-order valence-corrected chi connectivity index (χ4v) is 8.15. The molecule has 2 saturated carbocycles. The molecule has 2 saturated heterocycles. The van der Waals surface area contributed by atoms with Crippen LogP contribution in [0.5, 0.6) is 0 Å². The summed E-state index contributed by atoms with van der Waals surface area (Å²) in [4.78, 5) is 71.2. The van der Waals surface area contributed by atoms with Gasteiger partial charge in [-0.25, -0.2) is 9.59 Å². The molecule has 0 unspecified atom stereocenters. The molecular weight excluding hydrogens is 866 g/mol. The fraction of sp³-hybridized carbons (Fsp3) is 0.571. The van der Waals surface area contributed by atoms with Crippen LogP contribution < -0.4 is 20.0 Å². The molecule has 64 heavy (non-hydrogen) atoms. The number of hydrogen-bond acceptors (Lipinski definition) is 10. The average Bonchev–Trinajstić information content (AvgIpc) is 3.28. The van der Waals surface area contributed by atoms with Crippen molar-refractivity contribution in [3.8, 4) is 0 Å². The largest absolute Gasteiger partial charge is 0.542 e. The first-order valence-electron chi connectivity index (χ1n) is 20.8. The number of halogens is 6. The molecule has 2 aromatic carbocycles. The number of hydrogen-bond donors (Lipinski definition) is 4. The van der Waals surface area contributed by atoms with E-state index in [9.17, 15) is 55.7 Å². The van der Waals surface area contributed by atoms with Crippen molar-refractivity contribution in [1.82, 2.24) is 9.80 Å². The Morgan fingerprint density at radius 1 is 0.547 bits per heavy atom. The van der Waals surface area contributed by atoms with Crippen LogP contribution in [0.3, 0.4) is 0 Å². The van der Waals surface area contributed by atoms with Crippen molar-refractivity contribution in [3.63, 3.8) is 0 Å². The van der Waals surface area contributed by atoms with E-state index in [1.807, 2.05) is 60.7 Å². The summed E-state index contributed by atoms with van der Waals surface area (Å²) >= 11 is 0. The second-order valence-electron chi connectivity index (χ2n) is 15.6. The smallest absolute Gasteiger partial charge is 0.430 e. The molecule has 0 bridgehead atoms. The third kappa shape index (κ3) is 17.9. The summed E-state index contributed by atoms with van der Waals surface area (Å²) in [6.45, 7) is 6.30. The van der Waals surface area contributed by atoms with Gasteiger partial charge in [-0.05, 0) is 36.8 Å².